The second kappa shape index (κ2) is 10.1. The Hall–Kier alpha value is -3.03. The van der Waals surface area contributed by atoms with Crippen LogP contribution in [0.3, 0.4) is 0 Å². The maximum atomic E-state index is 13.5. The molecule has 4 rings (SSSR count). The highest BCUT2D eigenvalue weighted by Crippen LogP contribution is 2.27. The van der Waals surface area contributed by atoms with E-state index < -0.39 is 5.92 Å². The Labute approximate surface area is 198 Å². The maximum Gasteiger partial charge on any atom is 0.326 e. The zero-order valence-electron chi connectivity index (χ0n) is 17.4. The molecule has 32 heavy (non-hydrogen) atoms. The average Bonchev–Trinajstić information content (AvgIpc) is 3.11. The lowest BCUT2D eigenvalue weighted by Gasteiger charge is -2.14. The number of carbonyl (C=O) groups excluding carboxylic acids is 2. The van der Waals surface area contributed by atoms with Crippen molar-refractivity contribution in [1.29, 1.82) is 0 Å². The molecular weight excluding hydrogens is 488 g/mol. The fourth-order valence-corrected chi connectivity index (χ4v) is 5.14. The van der Waals surface area contributed by atoms with Gasteiger partial charge in [-0.3, -0.25) is 9.59 Å². The van der Waals surface area contributed by atoms with Crippen LogP contribution in [0.4, 0.5) is 0 Å². The summed E-state index contributed by atoms with van der Waals surface area (Å²) >= 11 is 4.86. The van der Waals surface area contributed by atoms with E-state index in [1.165, 1.54) is 11.3 Å². The van der Waals surface area contributed by atoms with Crippen molar-refractivity contribution in [2.24, 2.45) is 4.99 Å². The van der Waals surface area contributed by atoms with E-state index in [0.717, 1.165) is 25.8 Å². The molecule has 1 heterocycles. The van der Waals surface area contributed by atoms with Gasteiger partial charge in [-0.1, -0.05) is 87.9 Å². The first-order chi connectivity index (χ1) is 15.6. The number of hydrogen-bond donors (Lipinski definition) is 0. The Bertz CT molecular complexity index is 1270. The molecule has 7 heteroatoms. The van der Waals surface area contributed by atoms with Gasteiger partial charge in [0.2, 0.25) is 0 Å². The van der Waals surface area contributed by atoms with E-state index in [2.05, 4.69) is 20.9 Å². The van der Waals surface area contributed by atoms with Crippen LogP contribution in [0.25, 0.3) is 10.2 Å². The van der Waals surface area contributed by atoms with Crippen LogP contribution in [0.5, 0.6) is 0 Å². The van der Waals surface area contributed by atoms with Gasteiger partial charge in [0, 0.05) is 4.47 Å². The minimum atomic E-state index is -0.537. The summed E-state index contributed by atoms with van der Waals surface area (Å²) in [4.78, 5) is 30.8. The molecule has 1 aromatic heterocycles. The van der Waals surface area contributed by atoms with Gasteiger partial charge in [-0.15, -0.1) is 0 Å². The summed E-state index contributed by atoms with van der Waals surface area (Å²) in [6.45, 7) is 2.05. The summed E-state index contributed by atoms with van der Waals surface area (Å²) in [5, 5.41) is 0. The third-order valence-electron chi connectivity index (χ3n) is 4.96. The number of rotatable bonds is 6. The van der Waals surface area contributed by atoms with E-state index in [-0.39, 0.29) is 18.4 Å². The van der Waals surface area contributed by atoms with Crippen LogP contribution in [0.1, 0.15) is 24.0 Å². The van der Waals surface area contributed by atoms with Gasteiger partial charge in [0.1, 0.15) is 6.54 Å². The molecule has 0 aliphatic carbocycles. The van der Waals surface area contributed by atoms with E-state index in [9.17, 15) is 9.59 Å². The van der Waals surface area contributed by atoms with Crippen LogP contribution in [-0.2, 0) is 20.9 Å². The molecule has 0 unspecified atom stereocenters. The Morgan fingerprint density at radius 1 is 1.00 bits per heavy atom. The lowest BCUT2D eigenvalue weighted by molar-refractivity contribution is -0.143. The number of aromatic nitrogens is 1. The number of hydrogen-bond acceptors (Lipinski definition) is 4. The van der Waals surface area contributed by atoms with E-state index in [0.29, 0.717) is 11.4 Å². The number of esters is 1. The number of amides is 1. The average molecular weight is 509 g/mol. The van der Waals surface area contributed by atoms with Gasteiger partial charge in [-0.25, -0.2) is 0 Å². The molecule has 0 fully saturated rings. The highest BCUT2D eigenvalue weighted by atomic mass is 79.9. The van der Waals surface area contributed by atoms with E-state index >= 15 is 0 Å². The molecule has 1 amide bonds. The van der Waals surface area contributed by atoms with Crippen LogP contribution >= 0.6 is 27.3 Å². The largest absolute Gasteiger partial charge is 0.465 e. The Morgan fingerprint density at radius 2 is 1.62 bits per heavy atom. The van der Waals surface area contributed by atoms with Crippen molar-refractivity contribution in [3.63, 3.8) is 0 Å². The Balaban J connectivity index is 1.84. The summed E-state index contributed by atoms with van der Waals surface area (Å²) < 4.78 is 8.73. The molecule has 0 spiro atoms. The van der Waals surface area contributed by atoms with Crippen molar-refractivity contribution in [2.75, 3.05) is 6.61 Å². The van der Waals surface area contributed by atoms with Gasteiger partial charge < -0.3 is 9.30 Å². The van der Waals surface area contributed by atoms with Crippen molar-refractivity contribution in [3.8, 4) is 0 Å². The normalized spacial score (nSPS) is 11.8. The van der Waals surface area contributed by atoms with Crippen LogP contribution in [0, 0.1) is 0 Å². The smallest absolute Gasteiger partial charge is 0.326 e. The summed E-state index contributed by atoms with van der Waals surface area (Å²) in [6, 6.07) is 25.0. The van der Waals surface area contributed by atoms with Crippen LogP contribution in [0.15, 0.2) is 88.3 Å². The monoisotopic (exact) mass is 508 g/mol. The molecule has 0 bridgehead atoms. The predicted molar refractivity (Wildman–Crippen MR) is 129 cm³/mol. The van der Waals surface area contributed by atoms with Gasteiger partial charge in [-0.2, -0.15) is 4.99 Å². The van der Waals surface area contributed by atoms with Crippen molar-refractivity contribution >= 4 is 49.4 Å². The first-order valence-corrected chi connectivity index (χ1v) is 11.8. The number of ether oxygens (including phenoxy) is 1. The number of carbonyl (C=O) groups is 2. The number of thiazole rings is 1. The molecule has 3 aromatic carbocycles. The molecule has 0 atom stereocenters. The molecule has 0 saturated heterocycles. The zero-order valence-corrected chi connectivity index (χ0v) is 19.8. The van der Waals surface area contributed by atoms with Gasteiger partial charge in [0.05, 0.1) is 22.7 Å². The minimum absolute atomic E-state index is 0.0110. The number of fused-ring (bicyclic) bond motifs is 1. The molecule has 5 nitrogen and oxygen atoms in total. The quantitative estimate of drug-likeness (QED) is 0.332. The van der Waals surface area contributed by atoms with Crippen LogP contribution in [-0.4, -0.2) is 23.1 Å². The van der Waals surface area contributed by atoms with E-state index in [1.54, 1.807) is 11.5 Å². The molecule has 0 N–H and O–H groups in total. The molecule has 162 valence electrons. The minimum Gasteiger partial charge on any atom is -0.465 e. The summed E-state index contributed by atoms with van der Waals surface area (Å²) in [7, 11) is 0. The van der Waals surface area contributed by atoms with E-state index in [4.69, 9.17) is 4.74 Å². The third-order valence-corrected chi connectivity index (χ3v) is 6.49. The summed E-state index contributed by atoms with van der Waals surface area (Å²) in [5.74, 6) is -1.19. The number of halogens is 1. The lowest BCUT2D eigenvalue weighted by Crippen LogP contribution is -2.24. The van der Waals surface area contributed by atoms with Crippen LogP contribution in [0.2, 0.25) is 0 Å². The zero-order chi connectivity index (χ0) is 22.5. The maximum absolute atomic E-state index is 13.5. The van der Waals surface area contributed by atoms with Crippen molar-refractivity contribution in [1.82, 2.24) is 4.57 Å². The SMILES string of the molecule is CCOC(=O)Cn1c(=NC(=O)C(c2ccccc2)c2ccccc2)sc2cc(Br)ccc21. The molecule has 0 radical (unpaired) electrons. The molecule has 0 saturated carbocycles. The number of benzene rings is 3. The second-order valence-electron chi connectivity index (χ2n) is 7.09. The predicted octanol–water partition coefficient (Wildman–Crippen LogP) is 5.29. The Kier molecular flexibility index (Phi) is 6.97. The first-order valence-electron chi connectivity index (χ1n) is 10.2. The van der Waals surface area contributed by atoms with Gasteiger partial charge in [0.15, 0.2) is 4.80 Å². The number of nitrogens with zero attached hydrogens (tertiary/aromatic N) is 2. The van der Waals surface area contributed by atoms with Crippen molar-refractivity contribution in [2.45, 2.75) is 19.4 Å². The first kappa shape index (κ1) is 22.2. The highest BCUT2D eigenvalue weighted by Gasteiger charge is 2.23. The lowest BCUT2D eigenvalue weighted by atomic mass is 9.91. The van der Waals surface area contributed by atoms with E-state index in [1.807, 2.05) is 78.9 Å². The van der Waals surface area contributed by atoms with Gasteiger partial charge >= 0.3 is 5.97 Å². The molecule has 4 aromatic rings. The molecule has 0 aliphatic heterocycles. The summed E-state index contributed by atoms with van der Waals surface area (Å²) in [5.41, 5.74) is 2.57. The molecule has 0 aliphatic rings. The highest BCUT2D eigenvalue weighted by molar-refractivity contribution is 9.10. The second-order valence-corrected chi connectivity index (χ2v) is 9.02. The fraction of sp³-hybridized carbons (Fsp3) is 0.160. The summed E-state index contributed by atoms with van der Waals surface area (Å²) in [6.07, 6.45) is 0. The van der Waals surface area contributed by atoms with Gasteiger partial charge in [-0.05, 0) is 36.2 Å². The molecular formula is C25H21BrN2O3S. The van der Waals surface area contributed by atoms with Crippen molar-refractivity contribution < 1.29 is 14.3 Å². The fourth-order valence-electron chi connectivity index (χ4n) is 3.55. The third kappa shape index (κ3) is 4.89. The van der Waals surface area contributed by atoms with Crippen LogP contribution < -0.4 is 4.80 Å². The van der Waals surface area contributed by atoms with Gasteiger partial charge in [0.25, 0.3) is 5.91 Å². The van der Waals surface area contributed by atoms with Crippen molar-refractivity contribution in [3.05, 3.63) is 99.3 Å². The standard InChI is InChI=1S/C25H21BrN2O3S/c1-2-31-22(29)16-28-20-14-13-19(26)15-21(20)32-25(28)27-24(30)23(17-9-5-3-6-10-17)18-11-7-4-8-12-18/h3-15,23H,2,16H2,1H3. The topological polar surface area (TPSA) is 60.7 Å². The Morgan fingerprint density at radius 3 is 2.22 bits per heavy atom.